The van der Waals surface area contributed by atoms with E-state index in [9.17, 15) is 16.8 Å². The van der Waals surface area contributed by atoms with Crippen molar-refractivity contribution in [1.29, 1.82) is 0 Å². The number of rotatable bonds is 5. The number of nitrogens with zero attached hydrogens (tertiary/aromatic N) is 3. The van der Waals surface area contributed by atoms with E-state index in [2.05, 4.69) is 10.2 Å². The summed E-state index contributed by atoms with van der Waals surface area (Å²) < 4.78 is 55.6. The molecule has 3 rings (SSSR count). The molecule has 0 bridgehead atoms. The number of sulfone groups is 1. The van der Waals surface area contributed by atoms with Gasteiger partial charge in [-0.2, -0.15) is 4.31 Å². The zero-order chi connectivity index (χ0) is 19.1. The molecule has 2 aromatic rings. The molecule has 1 aliphatic heterocycles. The summed E-state index contributed by atoms with van der Waals surface area (Å²) in [5.41, 5.74) is 1.05. The summed E-state index contributed by atoms with van der Waals surface area (Å²) >= 11 is 0. The number of sulfonamides is 1. The average molecular weight is 399 g/mol. The van der Waals surface area contributed by atoms with Crippen LogP contribution in [0.25, 0.3) is 0 Å². The van der Waals surface area contributed by atoms with Crippen LogP contribution in [-0.4, -0.2) is 44.1 Å². The van der Waals surface area contributed by atoms with Crippen LogP contribution in [0.3, 0.4) is 0 Å². The number of hydrogen-bond acceptors (Lipinski definition) is 7. The van der Waals surface area contributed by atoms with Crippen molar-refractivity contribution < 1.29 is 21.3 Å². The van der Waals surface area contributed by atoms with Gasteiger partial charge in [0.15, 0.2) is 0 Å². The van der Waals surface area contributed by atoms with E-state index in [0.29, 0.717) is 25.3 Å². The highest BCUT2D eigenvalue weighted by atomic mass is 32.2. The molecule has 1 aliphatic rings. The van der Waals surface area contributed by atoms with E-state index in [1.54, 1.807) is 24.3 Å². The third-order valence-corrected chi connectivity index (χ3v) is 7.10. The van der Waals surface area contributed by atoms with Crippen LogP contribution in [-0.2, 0) is 19.9 Å². The Hall–Kier alpha value is -1.78. The Balaban J connectivity index is 1.92. The molecule has 0 spiro atoms. The van der Waals surface area contributed by atoms with Gasteiger partial charge in [0.2, 0.25) is 25.8 Å². The van der Waals surface area contributed by atoms with Gasteiger partial charge in [0.05, 0.1) is 4.90 Å². The van der Waals surface area contributed by atoms with Gasteiger partial charge in [0.1, 0.15) is 6.04 Å². The molecule has 0 N–H and O–H groups in total. The minimum Gasteiger partial charge on any atom is -0.411 e. The fourth-order valence-corrected chi connectivity index (χ4v) is 5.02. The first-order chi connectivity index (χ1) is 12.1. The molecule has 10 heteroatoms. The molecule has 0 saturated carbocycles. The van der Waals surface area contributed by atoms with Crippen LogP contribution in [0.2, 0.25) is 0 Å². The maximum absolute atomic E-state index is 13.0. The van der Waals surface area contributed by atoms with E-state index in [0.717, 1.165) is 11.8 Å². The molecule has 0 amide bonds. The van der Waals surface area contributed by atoms with Gasteiger partial charge in [0.25, 0.3) is 0 Å². The molecule has 1 atom stereocenters. The second kappa shape index (κ2) is 6.75. The highest BCUT2D eigenvalue weighted by Gasteiger charge is 2.39. The van der Waals surface area contributed by atoms with Gasteiger partial charge in [0, 0.05) is 12.8 Å². The van der Waals surface area contributed by atoms with Crippen LogP contribution in [0.15, 0.2) is 38.8 Å². The molecule has 0 radical (unpaired) electrons. The van der Waals surface area contributed by atoms with Crippen LogP contribution in [0.5, 0.6) is 0 Å². The maximum Gasteiger partial charge on any atom is 0.335 e. The minimum absolute atomic E-state index is 0.00491. The molecule has 8 nitrogen and oxygen atoms in total. The van der Waals surface area contributed by atoms with Crippen LogP contribution in [0.4, 0.5) is 0 Å². The smallest absolute Gasteiger partial charge is 0.335 e. The third kappa shape index (κ3) is 3.53. The molecule has 1 saturated heterocycles. The predicted octanol–water partition coefficient (Wildman–Crippen LogP) is 2.12. The molecule has 142 valence electrons. The maximum atomic E-state index is 13.0. The summed E-state index contributed by atoms with van der Waals surface area (Å²) in [5, 5.41) is 6.78. The van der Waals surface area contributed by atoms with Crippen LogP contribution < -0.4 is 0 Å². The largest absolute Gasteiger partial charge is 0.411 e. The Kier molecular flexibility index (Phi) is 4.93. The zero-order valence-electron chi connectivity index (χ0n) is 14.8. The lowest BCUT2D eigenvalue weighted by Gasteiger charge is -2.21. The first-order valence-electron chi connectivity index (χ1n) is 8.26. The first kappa shape index (κ1) is 19.0. The molecule has 1 aromatic carbocycles. The van der Waals surface area contributed by atoms with Crippen molar-refractivity contribution in [1.82, 2.24) is 14.5 Å². The zero-order valence-corrected chi connectivity index (χ0v) is 16.4. The van der Waals surface area contributed by atoms with Crippen molar-refractivity contribution in [3.63, 3.8) is 0 Å². The van der Waals surface area contributed by atoms with Crippen LogP contribution >= 0.6 is 0 Å². The molecule has 2 heterocycles. The number of benzene rings is 1. The molecule has 1 aromatic heterocycles. The highest BCUT2D eigenvalue weighted by molar-refractivity contribution is 7.90. The van der Waals surface area contributed by atoms with E-state index < -0.39 is 31.1 Å². The fourth-order valence-electron chi connectivity index (χ4n) is 2.94. The summed E-state index contributed by atoms with van der Waals surface area (Å²) in [4.78, 5) is 0.191. The molecular weight excluding hydrogens is 378 g/mol. The monoisotopic (exact) mass is 399 g/mol. The van der Waals surface area contributed by atoms with Gasteiger partial charge < -0.3 is 4.42 Å². The fraction of sp³-hybridized carbons (Fsp3) is 0.500. The van der Waals surface area contributed by atoms with Gasteiger partial charge in [-0.3, -0.25) is 0 Å². The summed E-state index contributed by atoms with van der Waals surface area (Å²) in [6.45, 7) is 4.39. The normalized spacial score (nSPS) is 19.3. The lowest BCUT2D eigenvalue weighted by atomic mass is 10.0. The number of aromatic nitrogens is 2. The van der Waals surface area contributed by atoms with Gasteiger partial charge >= 0.3 is 5.22 Å². The topological polar surface area (TPSA) is 110 Å². The lowest BCUT2D eigenvalue weighted by molar-refractivity contribution is 0.303. The minimum atomic E-state index is -3.75. The van der Waals surface area contributed by atoms with Crippen molar-refractivity contribution in [3.05, 3.63) is 35.7 Å². The van der Waals surface area contributed by atoms with Gasteiger partial charge in [-0.15, -0.1) is 5.10 Å². The van der Waals surface area contributed by atoms with Crippen molar-refractivity contribution in [3.8, 4) is 0 Å². The summed E-state index contributed by atoms with van der Waals surface area (Å²) in [7, 11) is -7.39. The van der Waals surface area contributed by atoms with Crippen LogP contribution in [0.1, 0.15) is 50.1 Å². The molecular formula is C16H21N3O5S2. The molecule has 0 unspecified atom stereocenters. The summed E-state index contributed by atoms with van der Waals surface area (Å²) in [6, 6.07) is 6.13. The van der Waals surface area contributed by atoms with Gasteiger partial charge in [-0.05, 0) is 36.5 Å². The Morgan fingerprint density at radius 3 is 2.31 bits per heavy atom. The van der Waals surface area contributed by atoms with Gasteiger partial charge in [-0.25, -0.2) is 16.8 Å². The van der Waals surface area contributed by atoms with Crippen molar-refractivity contribution >= 4 is 19.9 Å². The standard InChI is InChI=1S/C16H21N3O5S2/c1-11(2)12-6-8-13(9-7-12)26(22,23)19-10-4-5-14(19)15-17-18-16(24-15)25(3,20)21/h6-9,11,14H,4-5,10H2,1-3H3/t14-/m0/s1. The van der Waals surface area contributed by atoms with Crippen LogP contribution in [0, 0.1) is 0 Å². The summed E-state index contributed by atoms with van der Waals surface area (Å²) in [5.74, 6) is 0.310. The molecule has 26 heavy (non-hydrogen) atoms. The van der Waals surface area contributed by atoms with Crippen molar-refractivity contribution in [2.24, 2.45) is 0 Å². The van der Waals surface area contributed by atoms with Crippen molar-refractivity contribution in [2.45, 2.75) is 48.8 Å². The second-order valence-corrected chi connectivity index (χ2v) is 10.5. The van der Waals surface area contributed by atoms with E-state index in [1.165, 1.54) is 4.31 Å². The summed E-state index contributed by atoms with van der Waals surface area (Å²) in [6.07, 6.45) is 2.09. The van der Waals surface area contributed by atoms with E-state index >= 15 is 0 Å². The Morgan fingerprint density at radius 2 is 1.77 bits per heavy atom. The lowest BCUT2D eigenvalue weighted by Crippen LogP contribution is -2.30. The van der Waals surface area contributed by atoms with Gasteiger partial charge in [-0.1, -0.05) is 31.1 Å². The Bertz CT molecular complexity index is 995. The van der Waals surface area contributed by atoms with Crippen molar-refractivity contribution in [2.75, 3.05) is 12.8 Å². The van der Waals surface area contributed by atoms with E-state index in [1.807, 2.05) is 13.8 Å². The first-order valence-corrected chi connectivity index (χ1v) is 11.6. The predicted molar refractivity (Wildman–Crippen MR) is 93.8 cm³/mol. The molecule has 0 aliphatic carbocycles. The van der Waals surface area contributed by atoms with E-state index in [-0.39, 0.29) is 10.8 Å². The Morgan fingerprint density at radius 1 is 1.12 bits per heavy atom. The average Bonchev–Trinajstić information content (AvgIpc) is 3.23. The SMILES string of the molecule is CC(C)c1ccc(S(=O)(=O)N2CCC[C@H]2c2nnc(S(C)(=O)=O)o2)cc1. The highest BCUT2D eigenvalue weighted by Crippen LogP contribution is 2.36. The second-order valence-electron chi connectivity index (χ2n) is 6.68. The van der Waals surface area contributed by atoms with E-state index in [4.69, 9.17) is 4.42 Å². The third-order valence-electron chi connectivity index (χ3n) is 4.38. The Labute approximate surface area is 153 Å². The number of hydrogen-bond donors (Lipinski definition) is 0. The quantitative estimate of drug-likeness (QED) is 0.757. The molecule has 1 fully saturated rings.